The number of hydrogen-bond acceptors (Lipinski definition) is 2. The van der Waals surface area contributed by atoms with Crippen LogP contribution in [0.1, 0.15) is 29.0 Å². The summed E-state index contributed by atoms with van der Waals surface area (Å²) in [6.45, 7) is 2.09. The molecule has 0 bridgehead atoms. The fourth-order valence-electron chi connectivity index (χ4n) is 2.00. The normalized spacial score (nSPS) is 12.6. The van der Waals surface area contributed by atoms with E-state index in [9.17, 15) is 0 Å². The predicted molar refractivity (Wildman–Crippen MR) is 79.6 cm³/mol. The van der Waals surface area contributed by atoms with E-state index >= 15 is 0 Å². The Labute approximate surface area is 118 Å². The van der Waals surface area contributed by atoms with Crippen molar-refractivity contribution < 1.29 is 0 Å². The van der Waals surface area contributed by atoms with E-state index in [1.54, 1.807) is 0 Å². The predicted octanol–water partition coefficient (Wildman–Crippen LogP) is 4.62. The van der Waals surface area contributed by atoms with Gasteiger partial charge in [-0.15, -0.1) is 22.9 Å². The SMILES string of the molecule is Cc1cccnc1CC(Cl)CCCc1cccs1. The fourth-order valence-corrected chi connectivity index (χ4v) is 3.05. The Bertz CT molecular complexity index is 467. The van der Waals surface area contributed by atoms with Crippen LogP contribution < -0.4 is 0 Å². The molecule has 0 aliphatic rings. The van der Waals surface area contributed by atoms with Gasteiger partial charge in [0, 0.05) is 28.6 Å². The summed E-state index contributed by atoms with van der Waals surface area (Å²) < 4.78 is 0. The molecule has 0 saturated heterocycles. The van der Waals surface area contributed by atoms with E-state index in [0.717, 1.165) is 31.4 Å². The molecule has 2 rings (SSSR count). The van der Waals surface area contributed by atoms with Crippen molar-refractivity contribution in [2.24, 2.45) is 0 Å². The van der Waals surface area contributed by atoms with Crippen molar-refractivity contribution in [2.45, 2.75) is 38.0 Å². The summed E-state index contributed by atoms with van der Waals surface area (Å²) >= 11 is 8.22. The molecule has 0 aliphatic heterocycles. The van der Waals surface area contributed by atoms with E-state index < -0.39 is 0 Å². The second kappa shape index (κ2) is 6.91. The zero-order chi connectivity index (χ0) is 12.8. The standard InChI is InChI=1S/C15H18ClNS/c1-12-5-3-9-17-15(12)11-13(16)6-2-7-14-8-4-10-18-14/h3-5,8-10,13H,2,6-7,11H2,1H3. The molecule has 0 N–H and O–H groups in total. The third kappa shape index (κ3) is 4.11. The third-order valence-corrected chi connectivity index (χ3v) is 4.36. The van der Waals surface area contributed by atoms with Crippen molar-refractivity contribution in [3.63, 3.8) is 0 Å². The first-order valence-electron chi connectivity index (χ1n) is 6.32. The summed E-state index contributed by atoms with van der Waals surface area (Å²) in [6.07, 6.45) is 6.06. The van der Waals surface area contributed by atoms with Gasteiger partial charge in [0.25, 0.3) is 0 Å². The number of thiophene rings is 1. The highest BCUT2D eigenvalue weighted by Gasteiger charge is 2.08. The molecule has 2 aromatic heterocycles. The van der Waals surface area contributed by atoms with Crippen molar-refractivity contribution in [2.75, 3.05) is 0 Å². The first kappa shape index (κ1) is 13.6. The van der Waals surface area contributed by atoms with E-state index in [-0.39, 0.29) is 5.38 Å². The Morgan fingerprint density at radius 3 is 2.94 bits per heavy atom. The minimum atomic E-state index is 0.193. The van der Waals surface area contributed by atoms with Crippen molar-refractivity contribution in [3.05, 3.63) is 52.0 Å². The lowest BCUT2D eigenvalue weighted by molar-refractivity contribution is 0.681. The Morgan fingerprint density at radius 2 is 2.22 bits per heavy atom. The lowest BCUT2D eigenvalue weighted by atomic mass is 10.1. The zero-order valence-corrected chi connectivity index (χ0v) is 12.2. The van der Waals surface area contributed by atoms with Gasteiger partial charge >= 0.3 is 0 Å². The van der Waals surface area contributed by atoms with Gasteiger partial charge in [0.1, 0.15) is 0 Å². The number of pyridine rings is 1. The van der Waals surface area contributed by atoms with Crippen LogP contribution in [0.5, 0.6) is 0 Å². The minimum Gasteiger partial charge on any atom is -0.261 e. The van der Waals surface area contributed by atoms with Crippen LogP contribution in [-0.4, -0.2) is 10.4 Å². The number of aromatic nitrogens is 1. The number of halogens is 1. The fraction of sp³-hybridized carbons (Fsp3) is 0.400. The Hall–Kier alpha value is -0.860. The molecular formula is C15H18ClNS. The highest BCUT2D eigenvalue weighted by Crippen LogP contribution is 2.17. The molecule has 0 spiro atoms. The topological polar surface area (TPSA) is 12.9 Å². The molecule has 0 amide bonds. The lowest BCUT2D eigenvalue weighted by Gasteiger charge is -2.10. The molecule has 3 heteroatoms. The van der Waals surface area contributed by atoms with Gasteiger partial charge in [0.15, 0.2) is 0 Å². The Kier molecular flexibility index (Phi) is 5.21. The third-order valence-electron chi connectivity index (χ3n) is 3.05. The van der Waals surface area contributed by atoms with Crippen LogP contribution in [0, 0.1) is 6.92 Å². The number of rotatable bonds is 6. The molecule has 0 radical (unpaired) electrons. The minimum absolute atomic E-state index is 0.193. The molecule has 0 saturated carbocycles. The van der Waals surface area contributed by atoms with Gasteiger partial charge in [-0.3, -0.25) is 4.98 Å². The van der Waals surface area contributed by atoms with Crippen LogP contribution in [0.2, 0.25) is 0 Å². The quantitative estimate of drug-likeness (QED) is 0.703. The number of aryl methyl sites for hydroxylation is 2. The molecule has 2 heterocycles. The van der Waals surface area contributed by atoms with E-state index in [1.165, 1.54) is 10.4 Å². The van der Waals surface area contributed by atoms with Crippen molar-refractivity contribution in [3.8, 4) is 0 Å². The van der Waals surface area contributed by atoms with Crippen molar-refractivity contribution in [1.82, 2.24) is 4.98 Å². The van der Waals surface area contributed by atoms with Gasteiger partial charge < -0.3 is 0 Å². The van der Waals surface area contributed by atoms with Gasteiger partial charge in [-0.1, -0.05) is 12.1 Å². The highest BCUT2D eigenvalue weighted by molar-refractivity contribution is 7.09. The van der Waals surface area contributed by atoms with Crippen molar-refractivity contribution >= 4 is 22.9 Å². The molecule has 1 unspecified atom stereocenters. The lowest BCUT2D eigenvalue weighted by Crippen LogP contribution is -2.06. The second-order valence-corrected chi connectivity index (χ2v) is 6.19. The maximum Gasteiger partial charge on any atom is 0.0447 e. The average Bonchev–Trinajstić information content (AvgIpc) is 2.85. The van der Waals surface area contributed by atoms with Crippen LogP contribution in [-0.2, 0) is 12.8 Å². The summed E-state index contributed by atoms with van der Waals surface area (Å²) in [5, 5.41) is 2.32. The van der Waals surface area contributed by atoms with Crippen LogP contribution in [0.4, 0.5) is 0 Å². The maximum absolute atomic E-state index is 6.39. The Balaban J connectivity index is 1.75. The molecule has 1 nitrogen and oxygen atoms in total. The molecular weight excluding hydrogens is 262 g/mol. The van der Waals surface area contributed by atoms with E-state index in [0.29, 0.717) is 0 Å². The van der Waals surface area contributed by atoms with E-state index in [2.05, 4.69) is 35.5 Å². The highest BCUT2D eigenvalue weighted by atomic mass is 35.5. The average molecular weight is 280 g/mol. The first-order valence-corrected chi connectivity index (χ1v) is 7.64. The maximum atomic E-state index is 6.39. The summed E-state index contributed by atoms with van der Waals surface area (Å²) in [7, 11) is 0. The molecule has 18 heavy (non-hydrogen) atoms. The van der Waals surface area contributed by atoms with Crippen molar-refractivity contribution in [1.29, 1.82) is 0 Å². The molecule has 0 aromatic carbocycles. The van der Waals surface area contributed by atoms with Crippen LogP contribution in [0.3, 0.4) is 0 Å². The number of nitrogens with zero attached hydrogens (tertiary/aromatic N) is 1. The zero-order valence-electron chi connectivity index (χ0n) is 10.6. The van der Waals surface area contributed by atoms with Gasteiger partial charge in [-0.05, 0) is 49.3 Å². The van der Waals surface area contributed by atoms with Crippen LogP contribution in [0.25, 0.3) is 0 Å². The van der Waals surface area contributed by atoms with E-state index in [1.807, 2.05) is 23.6 Å². The van der Waals surface area contributed by atoms with Gasteiger partial charge in [-0.25, -0.2) is 0 Å². The summed E-state index contributed by atoms with van der Waals surface area (Å²) in [5.74, 6) is 0. The van der Waals surface area contributed by atoms with Crippen LogP contribution in [0.15, 0.2) is 35.8 Å². The van der Waals surface area contributed by atoms with Gasteiger partial charge in [-0.2, -0.15) is 0 Å². The first-order chi connectivity index (χ1) is 8.75. The summed E-state index contributed by atoms with van der Waals surface area (Å²) in [4.78, 5) is 5.85. The van der Waals surface area contributed by atoms with Gasteiger partial charge in [0.2, 0.25) is 0 Å². The summed E-state index contributed by atoms with van der Waals surface area (Å²) in [5.41, 5.74) is 2.37. The largest absolute Gasteiger partial charge is 0.261 e. The number of hydrogen-bond donors (Lipinski definition) is 0. The number of alkyl halides is 1. The molecule has 0 aliphatic carbocycles. The molecule has 96 valence electrons. The molecule has 2 aromatic rings. The second-order valence-electron chi connectivity index (χ2n) is 4.54. The van der Waals surface area contributed by atoms with Crippen LogP contribution >= 0.6 is 22.9 Å². The molecule has 0 fully saturated rings. The monoisotopic (exact) mass is 279 g/mol. The van der Waals surface area contributed by atoms with Gasteiger partial charge in [0.05, 0.1) is 0 Å². The molecule has 1 atom stereocenters. The Morgan fingerprint density at radius 1 is 1.33 bits per heavy atom. The van der Waals surface area contributed by atoms with E-state index in [4.69, 9.17) is 11.6 Å². The summed E-state index contributed by atoms with van der Waals surface area (Å²) in [6, 6.07) is 8.36. The smallest absolute Gasteiger partial charge is 0.0447 e.